The highest BCUT2D eigenvalue weighted by molar-refractivity contribution is 7.37. The zero-order chi connectivity index (χ0) is 20.7. The van der Waals surface area contributed by atoms with Gasteiger partial charge in [0.25, 0.3) is 0 Å². The van der Waals surface area contributed by atoms with Gasteiger partial charge in [0.05, 0.1) is 9.40 Å². The fourth-order valence-corrected chi connectivity index (χ4v) is 7.95. The van der Waals surface area contributed by atoms with Crippen LogP contribution in [0.1, 0.15) is 11.1 Å². The van der Waals surface area contributed by atoms with Gasteiger partial charge in [-0.2, -0.15) is 0 Å². The van der Waals surface area contributed by atoms with Crippen molar-refractivity contribution in [1.29, 1.82) is 0 Å². The number of aryl methyl sites for hydroxylation is 1. The quantitative estimate of drug-likeness (QED) is 0.227. The minimum Gasteiger partial charge on any atom is -0.133 e. The minimum atomic E-state index is 1.22. The molecule has 0 aliphatic rings. The molecule has 2 heterocycles. The Morgan fingerprint density at radius 1 is 0.548 bits per heavy atom. The second-order valence-electron chi connectivity index (χ2n) is 8.21. The summed E-state index contributed by atoms with van der Waals surface area (Å²) in [5.74, 6) is 0. The average Bonchev–Trinajstić information content (AvgIpc) is 3.35. The normalized spacial score (nSPS) is 12.2. The number of benzene rings is 5. The summed E-state index contributed by atoms with van der Waals surface area (Å²) in [6.07, 6.45) is 1.95. The molecule has 0 spiro atoms. The van der Waals surface area contributed by atoms with Gasteiger partial charge in [-0.3, -0.25) is 0 Å². The molecular weight excluding hydrogens is 412 g/mol. The zero-order valence-electron chi connectivity index (χ0n) is 17.0. The second-order valence-corrected chi connectivity index (χ2v) is 10.2. The van der Waals surface area contributed by atoms with E-state index >= 15 is 0 Å². The lowest BCUT2D eigenvalue weighted by atomic mass is 9.99. The van der Waals surface area contributed by atoms with E-state index in [1.807, 2.05) is 28.7 Å². The first kappa shape index (κ1) is 17.5. The molecule has 7 aromatic rings. The van der Waals surface area contributed by atoms with Crippen LogP contribution in [0.2, 0.25) is 0 Å². The maximum atomic E-state index is 3.97. The predicted octanol–water partition coefficient (Wildman–Crippen LogP) is 9.68. The van der Waals surface area contributed by atoms with Crippen molar-refractivity contribution in [3.05, 3.63) is 90.5 Å². The van der Waals surface area contributed by atoms with Crippen LogP contribution in [0.5, 0.6) is 0 Å². The van der Waals surface area contributed by atoms with Gasteiger partial charge in [0.15, 0.2) is 0 Å². The molecule has 0 bridgehead atoms. The standard InChI is InChI=1S/C29H18S2/c1-3-17-8-10-22-19(16(17)2)12-14-24-26(22)30-29-25-15-13-21-20-7-5-4-6-18(20)9-11-23(21)27(25)31-28(24)29/h3-15H,1H2,2H3. The average molecular weight is 431 g/mol. The van der Waals surface area contributed by atoms with Crippen molar-refractivity contribution >= 4 is 90.6 Å². The molecular formula is C29H18S2. The summed E-state index contributed by atoms with van der Waals surface area (Å²) >= 11 is 3.90. The summed E-state index contributed by atoms with van der Waals surface area (Å²) in [4.78, 5) is 0. The van der Waals surface area contributed by atoms with E-state index in [2.05, 4.69) is 86.3 Å². The number of thiophene rings is 2. The molecule has 0 atom stereocenters. The van der Waals surface area contributed by atoms with Crippen LogP contribution >= 0.6 is 22.7 Å². The first-order valence-corrected chi connectivity index (χ1v) is 12.1. The van der Waals surface area contributed by atoms with Gasteiger partial charge in [0.2, 0.25) is 0 Å². The molecule has 0 nitrogen and oxygen atoms in total. The van der Waals surface area contributed by atoms with Crippen molar-refractivity contribution in [2.45, 2.75) is 6.92 Å². The van der Waals surface area contributed by atoms with E-state index in [1.165, 1.54) is 73.0 Å². The van der Waals surface area contributed by atoms with E-state index < -0.39 is 0 Å². The predicted molar refractivity (Wildman–Crippen MR) is 142 cm³/mol. The minimum absolute atomic E-state index is 1.22. The Kier molecular flexibility index (Phi) is 3.47. The molecule has 0 aliphatic carbocycles. The van der Waals surface area contributed by atoms with E-state index in [1.54, 1.807) is 0 Å². The number of hydrogen-bond acceptors (Lipinski definition) is 2. The van der Waals surface area contributed by atoms with Gasteiger partial charge in [-0.1, -0.05) is 85.5 Å². The van der Waals surface area contributed by atoms with E-state index in [-0.39, 0.29) is 0 Å². The van der Waals surface area contributed by atoms with Gasteiger partial charge < -0.3 is 0 Å². The van der Waals surface area contributed by atoms with Crippen LogP contribution in [0.15, 0.2) is 79.4 Å². The molecule has 0 saturated heterocycles. The Labute approximate surface area is 187 Å². The van der Waals surface area contributed by atoms with Gasteiger partial charge in [-0.25, -0.2) is 0 Å². The number of fused-ring (bicyclic) bond motifs is 11. The summed E-state index contributed by atoms with van der Waals surface area (Å²) < 4.78 is 5.65. The molecule has 0 radical (unpaired) electrons. The van der Waals surface area contributed by atoms with Crippen molar-refractivity contribution in [2.24, 2.45) is 0 Å². The summed E-state index contributed by atoms with van der Waals surface area (Å²) in [7, 11) is 0. The van der Waals surface area contributed by atoms with Crippen LogP contribution in [-0.2, 0) is 0 Å². The van der Waals surface area contributed by atoms with Crippen molar-refractivity contribution in [2.75, 3.05) is 0 Å². The highest BCUT2D eigenvalue weighted by Gasteiger charge is 2.17. The molecule has 0 unspecified atom stereocenters. The lowest BCUT2D eigenvalue weighted by molar-refractivity contribution is 1.51. The van der Waals surface area contributed by atoms with Crippen molar-refractivity contribution in [3.63, 3.8) is 0 Å². The molecule has 0 saturated carbocycles. The molecule has 31 heavy (non-hydrogen) atoms. The fourth-order valence-electron chi connectivity index (χ4n) is 5.06. The zero-order valence-corrected chi connectivity index (χ0v) is 18.7. The smallest absolute Gasteiger partial charge is 0.0542 e. The van der Waals surface area contributed by atoms with Crippen molar-refractivity contribution in [1.82, 2.24) is 0 Å². The third kappa shape index (κ3) is 2.24. The highest BCUT2D eigenvalue weighted by Crippen LogP contribution is 2.48. The molecule has 146 valence electrons. The topological polar surface area (TPSA) is 0 Å². The van der Waals surface area contributed by atoms with Crippen LogP contribution in [0.3, 0.4) is 0 Å². The van der Waals surface area contributed by atoms with E-state index in [9.17, 15) is 0 Å². The van der Waals surface area contributed by atoms with Crippen molar-refractivity contribution < 1.29 is 0 Å². The van der Waals surface area contributed by atoms with Gasteiger partial charge in [0.1, 0.15) is 0 Å². The summed E-state index contributed by atoms with van der Waals surface area (Å²) in [6.45, 7) is 6.17. The summed E-state index contributed by atoms with van der Waals surface area (Å²) in [5.41, 5.74) is 2.53. The molecule has 7 rings (SSSR count). The largest absolute Gasteiger partial charge is 0.133 e. The molecule has 0 amide bonds. The van der Waals surface area contributed by atoms with Crippen LogP contribution in [0.4, 0.5) is 0 Å². The Morgan fingerprint density at radius 3 is 1.87 bits per heavy atom. The van der Waals surface area contributed by atoms with Crippen LogP contribution in [0, 0.1) is 6.92 Å². The lowest BCUT2D eigenvalue weighted by Gasteiger charge is -2.07. The van der Waals surface area contributed by atoms with Crippen LogP contribution in [0.25, 0.3) is 68.0 Å². The maximum Gasteiger partial charge on any atom is 0.0542 e. The second kappa shape index (κ2) is 6.16. The molecule has 0 fully saturated rings. The molecule has 2 aromatic heterocycles. The number of hydrogen-bond donors (Lipinski definition) is 0. The third-order valence-corrected chi connectivity index (χ3v) is 9.34. The van der Waals surface area contributed by atoms with Crippen LogP contribution < -0.4 is 0 Å². The van der Waals surface area contributed by atoms with Crippen LogP contribution in [-0.4, -0.2) is 0 Å². The highest BCUT2D eigenvalue weighted by atomic mass is 32.1. The van der Waals surface area contributed by atoms with E-state index in [4.69, 9.17) is 0 Å². The Bertz CT molecular complexity index is 1860. The molecule has 0 aliphatic heterocycles. The van der Waals surface area contributed by atoms with Crippen molar-refractivity contribution in [3.8, 4) is 0 Å². The third-order valence-electron chi connectivity index (χ3n) is 6.66. The Hall–Kier alpha value is -3.20. The number of rotatable bonds is 1. The maximum absolute atomic E-state index is 3.97. The lowest BCUT2D eigenvalue weighted by Crippen LogP contribution is -1.83. The fraction of sp³-hybridized carbons (Fsp3) is 0.0345. The first-order chi connectivity index (χ1) is 15.2. The Morgan fingerprint density at radius 2 is 1.13 bits per heavy atom. The van der Waals surface area contributed by atoms with E-state index in [0.29, 0.717) is 0 Å². The first-order valence-electron chi connectivity index (χ1n) is 10.5. The monoisotopic (exact) mass is 430 g/mol. The molecule has 5 aromatic carbocycles. The molecule has 0 N–H and O–H groups in total. The van der Waals surface area contributed by atoms with Gasteiger partial charge in [-0.15, -0.1) is 22.7 Å². The van der Waals surface area contributed by atoms with E-state index in [0.717, 1.165) is 0 Å². The van der Waals surface area contributed by atoms with Gasteiger partial charge in [-0.05, 0) is 45.0 Å². The summed E-state index contributed by atoms with van der Waals surface area (Å²) in [6, 6.07) is 27.0. The molecule has 2 heteroatoms. The van der Waals surface area contributed by atoms with Gasteiger partial charge in [0, 0.05) is 25.6 Å². The Balaban J connectivity index is 1.61. The van der Waals surface area contributed by atoms with Gasteiger partial charge >= 0.3 is 0 Å². The summed E-state index contributed by atoms with van der Waals surface area (Å²) in [5, 5.41) is 10.8. The SMILES string of the molecule is C=Cc1ccc2c(ccc3c2sc2c4ccc5c6ccccc6ccc5c4sc32)c1C.